The maximum atomic E-state index is 13.5. The average molecular weight is 325 g/mol. The minimum Gasteiger partial charge on any atom is -0.319 e. The van der Waals surface area contributed by atoms with Gasteiger partial charge in [-0.05, 0) is 46.3 Å². The third kappa shape index (κ3) is 2.75. The van der Waals surface area contributed by atoms with E-state index in [4.69, 9.17) is 5.26 Å². The van der Waals surface area contributed by atoms with Crippen LogP contribution >= 0.6 is 27.3 Å². The predicted molar refractivity (Wildman–Crippen MR) is 71.1 cm³/mol. The van der Waals surface area contributed by atoms with E-state index in [-0.39, 0.29) is 17.2 Å². The Morgan fingerprint density at radius 1 is 1.39 bits per heavy atom. The zero-order valence-corrected chi connectivity index (χ0v) is 11.3. The summed E-state index contributed by atoms with van der Waals surface area (Å²) in [7, 11) is 0. The summed E-state index contributed by atoms with van der Waals surface area (Å²) in [6.45, 7) is 0. The second-order valence-corrected chi connectivity index (χ2v) is 5.83. The fourth-order valence-corrected chi connectivity index (χ4v) is 2.59. The molecule has 18 heavy (non-hydrogen) atoms. The van der Waals surface area contributed by atoms with Crippen molar-refractivity contribution < 1.29 is 9.18 Å². The molecule has 1 aromatic carbocycles. The maximum Gasteiger partial charge on any atom is 0.265 e. The number of nitriles is 1. The molecule has 2 rings (SSSR count). The lowest BCUT2D eigenvalue weighted by Gasteiger charge is -2.04. The fourth-order valence-electron chi connectivity index (χ4n) is 1.31. The molecule has 1 aromatic heterocycles. The summed E-state index contributed by atoms with van der Waals surface area (Å²) in [6.07, 6.45) is 0. The van der Waals surface area contributed by atoms with Gasteiger partial charge in [0.05, 0.1) is 26.0 Å². The number of carbonyl (C=O) groups excluding carboxylic acids is 1. The quantitative estimate of drug-likeness (QED) is 0.914. The van der Waals surface area contributed by atoms with Crippen molar-refractivity contribution in [2.24, 2.45) is 0 Å². The topological polar surface area (TPSA) is 52.9 Å². The monoisotopic (exact) mass is 324 g/mol. The van der Waals surface area contributed by atoms with Gasteiger partial charge in [0, 0.05) is 0 Å². The number of benzene rings is 1. The number of nitrogens with one attached hydrogen (secondary N) is 1. The number of nitrogens with zero attached hydrogens (tertiary/aromatic N) is 1. The number of rotatable bonds is 2. The molecular formula is C12H6BrFN2OS. The number of thiophene rings is 1. The summed E-state index contributed by atoms with van der Waals surface area (Å²) in [5, 5.41) is 11.1. The van der Waals surface area contributed by atoms with Crippen molar-refractivity contribution in [1.29, 1.82) is 5.26 Å². The van der Waals surface area contributed by atoms with Crippen molar-refractivity contribution in [1.82, 2.24) is 0 Å². The first-order chi connectivity index (χ1) is 8.60. The average Bonchev–Trinajstić information content (AvgIpc) is 2.78. The Balaban J connectivity index is 2.20. The van der Waals surface area contributed by atoms with E-state index in [0.717, 1.165) is 9.85 Å². The summed E-state index contributed by atoms with van der Waals surface area (Å²) in [5.74, 6) is -1.01. The van der Waals surface area contributed by atoms with Crippen LogP contribution in [-0.4, -0.2) is 5.91 Å². The Bertz CT molecular complexity index is 648. The zero-order chi connectivity index (χ0) is 13.1. The zero-order valence-electron chi connectivity index (χ0n) is 8.91. The lowest BCUT2D eigenvalue weighted by Crippen LogP contribution is -2.11. The van der Waals surface area contributed by atoms with Gasteiger partial charge in [-0.15, -0.1) is 11.3 Å². The molecule has 90 valence electrons. The second-order valence-electron chi connectivity index (χ2n) is 3.36. The van der Waals surface area contributed by atoms with Crippen molar-refractivity contribution in [3.05, 3.63) is 50.4 Å². The number of hydrogen-bond donors (Lipinski definition) is 1. The van der Waals surface area contributed by atoms with Crippen molar-refractivity contribution in [2.75, 3.05) is 5.32 Å². The van der Waals surface area contributed by atoms with Crippen molar-refractivity contribution in [2.45, 2.75) is 0 Å². The van der Waals surface area contributed by atoms with E-state index >= 15 is 0 Å². The van der Waals surface area contributed by atoms with Crippen LogP contribution in [0.25, 0.3) is 0 Å². The van der Waals surface area contributed by atoms with Crippen LogP contribution in [0.1, 0.15) is 15.2 Å². The van der Waals surface area contributed by atoms with E-state index in [1.54, 1.807) is 12.1 Å². The SMILES string of the molecule is N#Cc1ccc(NC(=O)c2ccc(Br)s2)c(F)c1. The highest BCUT2D eigenvalue weighted by Crippen LogP contribution is 2.23. The molecule has 0 unspecified atom stereocenters. The molecule has 0 atom stereocenters. The van der Waals surface area contributed by atoms with Gasteiger partial charge in [0.25, 0.3) is 5.91 Å². The third-order valence-electron chi connectivity index (χ3n) is 2.14. The molecule has 2 aromatic rings. The van der Waals surface area contributed by atoms with Gasteiger partial charge in [-0.1, -0.05) is 0 Å². The van der Waals surface area contributed by atoms with E-state index in [0.29, 0.717) is 4.88 Å². The summed E-state index contributed by atoms with van der Waals surface area (Å²) in [4.78, 5) is 12.3. The molecule has 0 aliphatic carbocycles. The lowest BCUT2D eigenvalue weighted by atomic mass is 10.2. The molecule has 0 aliphatic heterocycles. The highest BCUT2D eigenvalue weighted by Gasteiger charge is 2.11. The maximum absolute atomic E-state index is 13.5. The molecule has 1 N–H and O–H groups in total. The first-order valence-corrected chi connectivity index (χ1v) is 6.47. The summed E-state index contributed by atoms with van der Waals surface area (Å²) < 4.78 is 14.4. The van der Waals surface area contributed by atoms with E-state index in [2.05, 4.69) is 21.2 Å². The predicted octanol–water partition coefficient (Wildman–Crippen LogP) is 3.77. The first kappa shape index (κ1) is 12.7. The van der Waals surface area contributed by atoms with Gasteiger partial charge in [-0.2, -0.15) is 5.26 Å². The first-order valence-electron chi connectivity index (χ1n) is 4.86. The van der Waals surface area contributed by atoms with Crippen LogP contribution in [-0.2, 0) is 0 Å². The van der Waals surface area contributed by atoms with Gasteiger partial charge in [0.15, 0.2) is 0 Å². The molecule has 0 fully saturated rings. The fraction of sp³-hybridized carbons (Fsp3) is 0. The van der Waals surface area contributed by atoms with E-state index < -0.39 is 5.82 Å². The Morgan fingerprint density at radius 3 is 2.72 bits per heavy atom. The van der Waals surface area contributed by atoms with Gasteiger partial charge in [-0.25, -0.2) is 4.39 Å². The van der Waals surface area contributed by atoms with Crippen LogP contribution in [0.4, 0.5) is 10.1 Å². The van der Waals surface area contributed by atoms with Crippen molar-refractivity contribution in [3.8, 4) is 6.07 Å². The normalized spacial score (nSPS) is 9.83. The molecule has 1 amide bonds. The van der Waals surface area contributed by atoms with E-state index in [9.17, 15) is 9.18 Å². The number of amides is 1. The number of halogens is 2. The highest BCUT2D eigenvalue weighted by molar-refractivity contribution is 9.11. The molecule has 0 saturated carbocycles. The Kier molecular flexibility index (Phi) is 3.75. The van der Waals surface area contributed by atoms with Crippen LogP contribution in [0.15, 0.2) is 34.1 Å². The van der Waals surface area contributed by atoms with Crippen molar-refractivity contribution in [3.63, 3.8) is 0 Å². The Morgan fingerprint density at radius 2 is 2.17 bits per heavy atom. The largest absolute Gasteiger partial charge is 0.319 e. The minimum atomic E-state index is -0.627. The third-order valence-corrected chi connectivity index (χ3v) is 3.77. The second kappa shape index (κ2) is 5.29. The smallest absolute Gasteiger partial charge is 0.265 e. The van der Waals surface area contributed by atoms with Crippen LogP contribution in [0.5, 0.6) is 0 Å². The van der Waals surface area contributed by atoms with Gasteiger partial charge in [0.1, 0.15) is 5.82 Å². The van der Waals surface area contributed by atoms with E-state index in [1.807, 2.05) is 6.07 Å². The van der Waals surface area contributed by atoms with Gasteiger partial charge >= 0.3 is 0 Å². The molecule has 0 spiro atoms. The molecule has 0 saturated heterocycles. The van der Waals surface area contributed by atoms with E-state index in [1.165, 1.54) is 23.5 Å². The molecule has 0 bridgehead atoms. The Labute approximate surface area is 115 Å². The van der Waals surface area contributed by atoms with Crippen LogP contribution in [0, 0.1) is 17.1 Å². The van der Waals surface area contributed by atoms with Crippen LogP contribution < -0.4 is 5.32 Å². The summed E-state index contributed by atoms with van der Waals surface area (Å²) >= 11 is 4.51. The van der Waals surface area contributed by atoms with Gasteiger partial charge in [-0.3, -0.25) is 4.79 Å². The van der Waals surface area contributed by atoms with Crippen molar-refractivity contribution >= 4 is 38.9 Å². The molecule has 0 aliphatic rings. The summed E-state index contributed by atoms with van der Waals surface area (Å²) in [5.41, 5.74) is 0.271. The molecular weight excluding hydrogens is 319 g/mol. The Hall–Kier alpha value is -1.71. The number of anilines is 1. The molecule has 3 nitrogen and oxygen atoms in total. The van der Waals surface area contributed by atoms with Gasteiger partial charge < -0.3 is 5.32 Å². The lowest BCUT2D eigenvalue weighted by molar-refractivity contribution is 0.103. The molecule has 6 heteroatoms. The summed E-state index contributed by atoms with van der Waals surface area (Å²) in [6, 6.07) is 9.12. The number of carbonyl (C=O) groups is 1. The highest BCUT2D eigenvalue weighted by atomic mass is 79.9. The number of hydrogen-bond acceptors (Lipinski definition) is 3. The standard InChI is InChI=1S/C12H6BrFN2OS/c13-11-4-3-10(18-11)12(17)16-9-2-1-7(6-15)5-8(9)14/h1-5H,(H,16,17). The van der Waals surface area contributed by atoms with Gasteiger partial charge in [0.2, 0.25) is 0 Å². The van der Waals surface area contributed by atoms with Crippen LogP contribution in [0.3, 0.4) is 0 Å². The molecule has 0 radical (unpaired) electrons. The van der Waals surface area contributed by atoms with Crippen LogP contribution in [0.2, 0.25) is 0 Å². The minimum absolute atomic E-state index is 0.0588. The molecule has 1 heterocycles.